The normalized spacial score (nSPS) is 20.1. The molecule has 1 N–H and O–H groups in total. The van der Waals surface area contributed by atoms with Gasteiger partial charge in [0.1, 0.15) is 0 Å². The van der Waals surface area contributed by atoms with E-state index in [1.54, 1.807) is 0 Å². The van der Waals surface area contributed by atoms with Crippen LogP contribution >= 0.6 is 0 Å². The van der Waals surface area contributed by atoms with Gasteiger partial charge in [0.05, 0.1) is 5.69 Å². The Morgan fingerprint density at radius 1 is 1.15 bits per heavy atom. The molecular weight excluding hydrogens is 252 g/mol. The molecule has 0 radical (unpaired) electrons. The lowest BCUT2D eigenvalue weighted by Gasteiger charge is -2.36. The molecule has 1 saturated heterocycles. The number of hydrogen-bond donors (Lipinski definition) is 1. The molecule has 108 valence electrons. The van der Waals surface area contributed by atoms with Gasteiger partial charge in [0, 0.05) is 18.9 Å². The molecule has 1 unspecified atom stereocenters. The van der Waals surface area contributed by atoms with Gasteiger partial charge in [-0.25, -0.2) is 0 Å². The monoisotopic (exact) mass is 274 g/mol. The van der Waals surface area contributed by atoms with Crippen molar-refractivity contribution in [2.24, 2.45) is 5.41 Å². The lowest BCUT2D eigenvalue weighted by Crippen LogP contribution is -2.46. The zero-order valence-corrected chi connectivity index (χ0v) is 12.6. The summed E-state index contributed by atoms with van der Waals surface area (Å²) in [5, 5.41) is 3.16. The van der Waals surface area contributed by atoms with Crippen LogP contribution in [0, 0.1) is 5.41 Å². The highest BCUT2D eigenvalue weighted by atomic mass is 16.2. The second-order valence-electron chi connectivity index (χ2n) is 6.21. The number of nitrogens with one attached hydrogen (secondary N) is 1. The summed E-state index contributed by atoms with van der Waals surface area (Å²) in [6, 6.07) is 7.67. The van der Waals surface area contributed by atoms with E-state index in [-0.39, 0.29) is 23.3 Å². The summed E-state index contributed by atoms with van der Waals surface area (Å²) < 4.78 is 0. The summed E-state index contributed by atoms with van der Waals surface area (Å²) in [7, 11) is 1.87. The van der Waals surface area contributed by atoms with Crippen molar-refractivity contribution in [2.75, 3.05) is 11.9 Å². The Bertz CT molecular complexity index is 517. The standard InChI is InChI=1S/C16H22N2O2/c1-11(17-4)12-7-5-6-8-13(12)18-14(19)9-16(2,3)10-15(18)20/h5-8,11,17H,9-10H2,1-4H3. The summed E-state index contributed by atoms with van der Waals surface area (Å²) in [4.78, 5) is 26.1. The predicted octanol–water partition coefficient (Wildman–Crippen LogP) is 2.65. The Balaban J connectivity index is 2.42. The fourth-order valence-electron chi connectivity index (χ4n) is 2.66. The van der Waals surface area contributed by atoms with Crippen LogP contribution in [0.2, 0.25) is 0 Å². The number of para-hydroxylation sites is 1. The van der Waals surface area contributed by atoms with Crippen molar-refractivity contribution < 1.29 is 9.59 Å². The maximum atomic E-state index is 12.4. The van der Waals surface area contributed by atoms with Crippen molar-refractivity contribution in [1.29, 1.82) is 0 Å². The van der Waals surface area contributed by atoms with Gasteiger partial charge in [-0.1, -0.05) is 32.0 Å². The van der Waals surface area contributed by atoms with Crippen molar-refractivity contribution >= 4 is 17.5 Å². The van der Waals surface area contributed by atoms with Gasteiger partial charge in [-0.05, 0) is 31.0 Å². The molecule has 4 heteroatoms. The van der Waals surface area contributed by atoms with Crippen molar-refractivity contribution in [3.63, 3.8) is 0 Å². The smallest absolute Gasteiger partial charge is 0.234 e. The summed E-state index contributed by atoms with van der Waals surface area (Å²) in [6.07, 6.45) is 0.808. The molecule has 1 atom stereocenters. The Kier molecular flexibility index (Phi) is 3.95. The molecule has 1 heterocycles. The van der Waals surface area contributed by atoms with Gasteiger partial charge in [-0.3, -0.25) is 14.5 Å². The number of carbonyl (C=O) groups is 2. The SMILES string of the molecule is CNC(C)c1ccccc1N1C(=O)CC(C)(C)CC1=O. The molecular formula is C16H22N2O2. The van der Waals surface area contributed by atoms with Crippen molar-refractivity contribution in [1.82, 2.24) is 5.32 Å². The van der Waals surface area contributed by atoms with Crippen molar-refractivity contribution in [2.45, 2.75) is 39.7 Å². The third kappa shape index (κ3) is 2.75. The van der Waals surface area contributed by atoms with E-state index in [0.717, 1.165) is 5.56 Å². The van der Waals surface area contributed by atoms with Gasteiger partial charge in [-0.15, -0.1) is 0 Å². The summed E-state index contributed by atoms with van der Waals surface area (Å²) in [6.45, 7) is 5.94. The average molecular weight is 274 g/mol. The van der Waals surface area contributed by atoms with E-state index >= 15 is 0 Å². The van der Waals surface area contributed by atoms with Crippen LogP contribution in [0.1, 0.15) is 45.2 Å². The minimum Gasteiger partial charge on any atom is -0.313 e. The quantitative estimate of drug-likeness (QED) is 0.862. The maximum absolute atomic E-state index is 12.4. The molecule has 0 saturated carbocycles. The number of hydrogen-bond acceptors (Lipinski definition) is 3. The fourth-order valence-corrected chi connectivity index (χ4v) is 2.66. The third-order valence-corrected chi connectivity index (χ3v) is 3.84. The number of benzene rings is 1. The number of nitrogens with zero attached hydrogens (tertiary/aromatic N) is 1. The first-order valence-corrected chi connectivity index (χ1v) is 6.98. The highest BCUT2D eigenvalue weighted by Gasteiger charge is 2.39. The highest BCUT2D eigenvalue weighted by Crippen LogP contribution is 2.36. The topological polar surface area (TPSA) is 49.4 Å². The number of amides is 2. The molecule has 1 aromatic rings. The minimum atomic E-state index is -0.242. The summed E-state index contributed by atoms with van der Waals surface area (Å²) >= 11 is 0. The van der Waals surface area contributed by atoms with E-state index in [9.17, 15) is 9.59 Å². The molecule has 1 aliphatic rings. The molecule has 0 bridgehead atoms. The Morgan fingerprint density at radius 2 is 1.70 bits per heavy atom. The predicted molar refractivity (Wildman–Crippen MR) is 79.4 cm³/mol. The van der Waals surface area contributed by atoms with E-state index in [1.807, 2.05) is 52.1 Å². The van der Waals surface area contributed by atoms with Crippen LogP contribution in [0.3, 0.4) is 0 Å². The van der Waals surface area contributed by atoms with Crippen LogP contribution in [-0.4, -0.2) is 18.9 Å². The van der Waals surface area contributed by atoms with E-state index in [2.05, 4.69) is 5.32 Å². The first kappa shape index (κ1) is 14.7. The minimum absolute atomic E-state index is 0.0849. The molecule has 1 aliphatic heterocycles. The number of anilines is 1. The van der Waals surface area contributed by atoms with Gasteiger partial charge in [0.25, 0.3) is 0 Å². The van der Waals surface area contributed by atoms with Gasteiger partial charge in [-0.2, -0.15) is 0 Å². The van der Waals surface area contributed by atoms with E-state index < -0.39 is 0 Å². The molecule has 1 fully saturated rings. The second kappa shape index (κ2) is 5.37. The summed E-state index contributed by atoms with van der Waals surface area (Å²) in [5.74, 6) is -0.219. The average Bonchev–Trinajstić information content (AvgIpc) is 2.36. The molecule has 0 spiro atoms. The van der Waals surface area contributed by atoms with Gasteiger partial charge in [0.2, 0.25) is 11.8 Å². The molecule has 0 aromatic heterocycles. The lowest BCUT2D eigenvalue weighted by atomic mass is 9.81. The Labute approximate surface area is 120 Å². The van der Waals surface area contributed by atoms with Gasteiger partial charge >= 0.3 is 0 Å². The van der Waals surface area contributed by atoms with Crippen LogP contribution in [0.25, 0.3) is 0 Å². The fraction of sp³-hybridized carbons (Fsp3) is 0.500. The lowest BCUT2D eigenvalue weighted by molar-refractivity contribution is -0.132. The largest absolute Gasteiger partial charge is 0.313 e. The highest BCUT2D eigenvalue weighted by molar-refractivity contribution is 6.17. The van der Waals surface area contributed by atoms with Crippen LogP contribution in [0.4, 0.5) is 5.69 Å². The first-order chi connectivity index (χ1) is 9.35. The zero-order chi connectivity index (χ0) is 14.9. The summed E-state index contributed by atoms with van der Waals surface area (Å²) in [5.41, 5.74) is 1.44. The number of carbonyl (C=O) groups excluding carboxylic acids is 2. The number of piperidine rings is 1. The first-order valence-electron chi connectivity index (χ1n) is 6.98. The Hall–Kier alpha value is -1.68. The molecule has 2 amide bonds. The van der Waals surface area contributed by atoms with E-state index in [0.29, 0.717) is 18.5 Å². The Morgan fingerprint density at radius 3 is 2.25 bits per heavy atom. The van der Waals surface area contributed by atoms with E-state index in [4.69, 9.17) is 0 Å². The zero-order valence-electron chi connectivity index (χ0n) is 12.6. The number of rotatable bonds is 3. The second-order valence-corrected chi connectivity index (χ2v) is 6.21. The van der Waals surface area contributed by atoms with E-state index in [1.165, 1.54) is 4.90 Å². The van der Waals surface area contributed by atoms with Crippen LogP contribution in [-0.2, 0) is 9.59 Å². The molecule has 0 aliphatic carbocycles. The van der Waals surface area contributed by atoms with Crippen LogP contribution in [0.5, 0.6) is 0 Å². The number of imide groups is 1. The van der Waals surface area contributed by atoms with Crippen LogP contribution < -0.4 is 10.2 Å². The third-order valence-electron chi connectivity index (χ3n) is 3.84. The molecule has 2 rings (SSSR count). The van der Waals surface area contributed by atoms with Gasteiger partial charge in [0.15, 0.2) is 0 Å². The van der Waals surface area contributed by atoms with Crippen molar-refractivity contribution in [3.8, 4) is 0 Å². The van der Waals surface area contributed by atoms with Crippen LogP contribution in [0.15, 0.2) is 24.3 Å². The van der Waals surface area contributed by atoms with Gasteiger partial charge < -0.3 is 5.32 Å². The molecule has 4 nitrogen and oxygen atoms in total. The molecule has 20 heavy (non-hydrogen) atoms. The maximum Gasteiger partial charge on any atom is 0.234 e. The molecule has 1 aromatic carbocycles. The van der Waals surface area contributed by atoms with Crippen molar-refractivity contribution in [3.05, 3.63) is 29.8 Å².